The molecule has 0 radical (unpaired) electrons. The average Bonchev–Trinajstić information content (AvgIpc) is 2.33. The van der Waals surface area contributed by atoms with Crippen molar-refractivity contribution >= 4 is 15.7 Å². The summed E-state index contributed by atoms with van der Waals surface area (Å²) < 4.78 is 28.0. The van der Waals surface area contributed by atoms with E-state index in [4.69, 9.17) is 5.73 Å². The molecule has 1 aromatic rings. The number of benzene rings is 1. The van der Waals surface area contributed by atoms with Crippen LogP contribution in [0, 0.1) is 13.8 Å². The van der Waals surface area contributed by atoms with Gasteiger partial charge in [0.25, 0.3) is 0 Å². The second-order valence-corrected chi connectivity index (χ2v) is 7.30. The summed E-state index contributed by atoms with van der Waals surface area (Å²) in [5.74, 6) is 0. The van der Waals surface area contributed by atoms with Gasteiger partial charge in [0, 0.05) is 12.6 Å². The zero-order valence-electron chi connectivity index (χ0n) is 12.3. The molecule has 1 aliphatic heterocycles. The first kappa shape index (κ1) is 15.3. The maximum atomic E-state index is 12.6. The van der Waals surface area contributed by atoms with Crippen molar-refractivity contribution in [2.45, 2.75) is 37.6 Å². The Morgan fingerprint density at radius 2 is 2.05 bits per heavy atom. The zero-order chi connectivity index (χ0) is 14.9. The van der Waals surface area contributed by atoms with E-state index in [1.165, 1.54) is 0 Å². The molecule has 3 N–H and O–H groups in total. The van der Waals surface area contributed by atoms with Gasteiger partial charge in [-0.1, -0.05) is 6.07 Å². The minimum atomic E-state index is -3.57. The fraction of sp³-hybridized carbons (Fsp3) is 0.571. The molecule has 1 atom stereocenters. The highest BCUT2D eigenvalue weighted by atomic mass is 32.2. The normalized spacial score (nSPS) is 21.1. The summed E-state index contributed by atoms with van der Waals surface area (Å²) in [4.78, 5) is 2.37. The van der Waals surface area contributed by atoms with Gasteiger partial charge < -0.3 is 10.6 Å². The van der Waals surface area contributed by atoms with Crippen LogP contribution in [0.15, 0.2) is 17.0 Å². The molecule has 1 heterocycles. The number of nitrogens with zero attached hydrogens (tertiary/aromatic N) is 1. The molecule has 1 aromatic carbocycles. The fourth-order valence-corrected chi connectivity index (χ4v) is 4.40. The largest absolute Gasteiger partial charge is 0.398 e. The van der Waals surface area contributed by atoms with Crippen LogP contribution in [0.5, 0.6) is 0 Å². The van der Waals surface area contributed by atoms with Gasteiger partial charge in [0.15, 0.2) is 0 Å². The van der Waals surface area contributed by atoms with Crippen LogP contribution in [0.2, 0.25) is 0 Å². The molecule has 0 aliphatic carbocycles. The summed E-state index contributed by atoms with van der Waals surface area (Å²) >= 11 is 0. The summed E-state index contributed by atoms with van der Waals surface area (Å²) in [5, 5.41) is 0. The number of likely N-dealkylation sites (tertiary alicyclic amines) is 1. The molecule has 112 valence electrons. The molecule has 0 amide bonds. The SMILES string of the molecule is Cc1ccc(N)c(S(=O)(=O)NC2CCCN(C)C2)c1C. The van der Waals surface area contributed by atoms with E-state index in [0.717, 1.165) is 37.1 Å². The number of likely N-dealkylation sites (N-methyl/N-ethyl adjacent to an activating group) is 1. The summed E-state index contributed by atoms with van der Waals surface area (Å²) in [6, 6.07) is 3.46. The molecule has 6 heteroatoms. The first-order chi connectivity index (χ1) is 9.31. The van der Waals surface area contributed by atoms with E-state index < -0.39 is 10.0 Å². The molecule has 1 aliphatic rings. The number of aryl methyl sites for hydroxylation is 1. The van der Waals surface area contributed by atoms with E-state index in [2.05, 4.69) is 9.62 Å². The molecule has 0 bridgehead atoms. The van der Waals surface area contributed by atoms with Crippen LogP contribution in [0.3, 0.4) is 0 Å². The predicted molar refractivity (Wildman–Crippen MR) is 81.2 cm³/mol. The van der Waals surface area contributed by atoms with Crippen LogP contribution in [-0.4, -0.2) is 39.5 Å². The highest BCUT2D eigenvalue weighted by Crippen LogP contribution is 2.26. The summed E-state index contributed by atoms with van der Waals surface area (Å²) in [5.41, 5.74) is 7.84. The average molecular weight is 297 g/mol. The zero-order valence-corrected chi connectivity index (χ0v) is 13.1. The number of nitrogens with one attached hydrogen (secondary N) is 1. The third-order valence-corrected chi connectivity index (χ3v) is 5.65. The topological polar surface area (TPSA) is 75.4 Å². The van der Waals surface area contributed by atoms with Gasteiger partial charge in [-0.25, -0.2) is 13.1 Å². The summed E-state index contributed by atoms with van der Waals surface area (Å²) in [7, 11) is -1.56. The summed E-state index contributed by atoms with van der Waals surface area (Å²) in [6.45, 7) is 5.45. The number of hydrogen-bond acceptors (Lipinski definition) is 4. The molecule has 2 rings (SSSR count). The van der Waals surface area contributed by atoms with Gasteiger partial charge in [-0.3, -0.25) is 0 Å². The minimum Gasteiger partial charge on any atom is -0.398 e. The Bertz CT molecular complexity index is 599. The number of anilines is 1. The highest BCUT2D eigenvalue weighted by molar-refractivity contribution is 7.89. The molecule has 0 saturated carbocycles. The third kappa shape index (κ3) is 3.13. The number of hydrogen-bond donors (Lipinski definition) is 2. The van der Waals surface area contributed by atoms with Crippen LogP contribution in [0.25, 0.3) is 0 Å². The van der Waals surface area contributed by atoms with E-state index in [1.54, 1.807) is 13.0 Å². The monoisotopic (exact) mass is 297 g/mol. The van der Waals surface area contributed by atoms with Crippen molar-refractivity contribution in [2.75, 3.05) is 25.9 Å². The van der Waals surface area contributed by atoms with Gasteiger partial charge >= 0.3 is 0 Å². The van der Waals surface area contributed by atoms with E-state index >= 15 is 0 Å². The van der Waals surface area contributed by atoms with Crippen LogP contribution >= 0.6 is 0 Å². The second kappa shape index (κ2) is 5.71. The Kier molecular flexibility index (Phi) is 4.36. The second-order valence-electron chi connectivity index (χ2n) is 5.65. The molecule has 0 spiro atoms. The smallest absolute Gasteiger partial charge is 0.243 e. The van der Waals surface area contributed by atoms with Gasteiger partial charge in [-0.05, 0) is 57.5 Å². The van der Waals surface area contributed by atoms with Crippen LogP contribution < -0.4 is 10.5 Å². The molecule has 5 nitrogen and oxygen atoms in total. The van der Waals surface area contributed by atoms with Gasteiger partial charge in [0.2, 0.25) is 10.0 Å². The van der Waals surface area contributed by atoms with Crippen LogP contribution in [-0.2, 0) is 10.0 Å². The number of rotatable bonds is 3. The number of nitrogen functional groups attached to an aromatic ring is 1. The lowest BCUT2D eigenvalue weighted by Crippen LogP contribution is -2.46. The maximum Gasteiger partial charge on any atom is 0.243 e. The lowest BCUT2D eigenvalue weighted by atomic mass is 10.1. The van der Waals surface area contributed by atoms with Gasteiger partial charge in [0.1, 0.15) is 4.90 Å². The third-order valence-electron chi connectivity index (χ3n) is 3.92. The number of sulfonamides is 1. The Labute approximate surface area is 121 Å². The lowest BCUT2D eigenvalue weighted by Gasteiger charge is -2.30. The molecule has 1 saturated heterocycles. The first-order valence-corrected chi connectivity index (χ1v) is 8.36. The molecule has 0 aromatic heterocycles. The fourth-order valence-electron chi connectivity index (χ4n) is 2.71. The van der Waals surface area contributed by atoms with E-state index in [9.17, 15) is 8.42 Å². The lowest BCUT2D eigenvalue weighted by molar-refractivity contribution is 0.242. The summed E-state index contributed by atoms with van der Waals surface area (Å²) in [6.07, 6.45) is 1.88. The quantitative estimate of drug-likeness (QED) is 0.824. The minimum absolute atomic E-state index is 0.0435. The maximum absolute atomic E-state index is 12.6. The van der Waals surface area contributed by atoms with Crippen molar-refractivity contribution in [2.24, 2.45) is 0 Å². The Morgan fingerprint density at radius 3 is 2.70 bits per heavy atom. The van der Waals surface area contributed by atoms with E-state index in [1.807, 2.05) is 20.0 Å². The molecule has 1 fully saturated rings. The Morgan fingerprint density at radius 1 is 1.35 bits per heavy atom. The Hall–Kier alpha value is -1.11. The number of piperidine rings is 1. The Balaban J connectivity index is 2.29. The van der Waals surface area contributed by atoms with E-state index in [-0.39, 0.29) is 10.9 Å². The van der Waals surface area contributed by atoms with Crippen molar-refractivity contribution in [1.82, 2.24) is 9.62 Å². The van der Waals surface area contributed by atoms with Crippen molar-refractivity contribution in [1.29, 1.82) is 0 Å². The van der Waals surface area contributed by atoms with Crippen LogP contribution in [0.1, 0.15) is 24.0 Å². The van der Waals surface area contributed by atoms with Crippen molar-refractivity contribution in [3.63, 3.8) is 0 Å². The first-order valence-electron chi connectivity index (χ1n) is 6.88. The molecular formula is C14H23N3O2S. The van der Waals surface area contributed by atoms with Gasteiger partial charge in [-0.2, -0.15) is 0 Å². The van der Waals surface area contributed by atoms with Crippen LogP contribution in [0.4, 0.5) is 5.69 Å². The van der Waals surface area contributed by atoms with Crippen molar-refractivity contribution < 1.29 is 8.42 Å². The highest BCUT2D eigenvalue weighted by Gasteiger charge is 2.26. The van der Waals surface area contributed by atoms with Gasteiger partial charge in [0.05, 0.1) is 5.69 Å². The molecule has 20 heavy (non-hydrogen) atoms. The molecular weight excluding hydrogens is 274 g/mol. The molecule has 1 unspecified atom stereocenters. The number of nitrogens with two attached hydrogens (primary N) is 1. The van der Waals surface area contributed by atoms with E-state index in [0.29, 0.717) is 5.69 Å². The standard InChI is InChI=1S/C14H23N3O2S/c1-10-6-7-13(15)14(11(10)2)20(18,19)16-12-5-4-8-17(3)9-12/h6-7,12,16H,4-5,8-9,15H2,1-3H3. The predicted octanol–water partition coefficient (Wildman–Crippen LogP) is 1.26. The van der Waals surface area contributed by atoms with Crippen molar-refractivity contribution in [3.05, 3.63) is 23.3 Å². The van der Waals surface area contributed by atoms with Gasteiger partial charge in [-0.15, -0.1) is 0 Å². The van der Waals surface area contributed by atoms with Crippen molar-refractivity contribution in [3.8, 4) is 0 Å².